The Morgan fingerprint density at radius 3 is 2.59 bits per heavy atom. The molecule has 5 rings (SSSR count). The molecule has 0 radical (unpaired) electrons. The van der Waals surface area contributed by atoms with Crippen LogP contribution in [0.3, 0.4) is 0 Å². The second-order valence-corrected chi connectivity index (χ2v) is 8.04. The van der Waals surface area contributed by atoms with Crippen molar-refractivity contribution in [2.24, 2.45) is 0 Å². The molecule has 3 aliphatic heterocycles. The van der Waals surface area contributed by atoms with Crippen LogP contribution in [-0.4, -0.2) is 54.5 Å². The van der Waals surface area contributed by atoms with Gasteiger partial charge in [-0.2, -0.15) is 0 Å². The molecule has 0 unspecified atom stereocenters. The molecular formula is C22H25N3O3S. The quantitative estimate of drug-likeness (QED) is 0.776. The van der Waals surface area contributed by atoms with Crippen LogP contribution in [0, 0.1) is 0 Å². The summed E-state index contributed by atoms with van der Waals surface area (Å²) in [5, 5.41) is 4.20. The number of benzene rings is 2. The maximum Gasteiger partial charge on any atom is 0.231 e. The molecule has 29 heavy (non-hydrogen) atoms. The molecule has 1 fully saturated rings. The van der Waals surface area contributed by atoms with Crippen LogP contribution in [0.2, 0.25) is 0 Å². The number of thiocarbonyl (C=S) groups is 1. The van der Waals surface area contributed by atoms with E-state index in [0.29, 0.717) is 13.3 Å². The van der Waals surface area contributed by atoms with Gasteiger partial charge in [-0.15, -0.1) is 0 Å². The van der Waals surface area contributed by atoms with E-state index in [4.69, 9.17) is 26.4 Å². The molecule has 0 amide bonds. The zero-order valence-corrected chi connectivity index (χ0v) is 17.2. The standard InChI is InChI=1S/C22H25N3O3S/c29-22(23-13-16-1-4-20-21(12-16)28-15-27-20)25-8-6-24(7-9-25)14-17-2-3-19-18(11-17)5-10-26-19/h1-4,11-12H,5-10,13-15H2,(H,23,29). The van der Waals surface area contributed by atoms with E-state index in [2.05, 4.69) is 33.3 Å². The average Bonchev–Trinajstić information content (AvgIpc) is 3.41. The largest absolute Gasteiger partial charge is 0.493 e. The molecule has 3 aliphatic rings. The Morgan fingerprint density at radius 1 is 0.897 bits per heavy atom. The summed E-state index contributed by atoms with van der Waals surface area (Å²) in [4.78, 5) is 4.75. The van der Waals surface area contributed by atoms with Gasteiger partial charge in [-0.1, -0.05) is 18.2 Å². The summed E-state index contributed by atoms with van der Waals surface area (Å²) < 4.78 is 16.4. The molecule has 0 spiro atoms. The van der Waals surface area contributed by atoms with Gasteiger partial charge in [0, 0.05) is 45.7 Å². The van der Waals surface area contributed by atoms with Crippen molar-refractivity contribution in [1.29, 1.82) is 0 Å². The van der Waals surface area contributed by atoms with Gasteiger partial charge < -0.3 is 24.4 Å². The van der Waals surface area contributed by atoms with Gasteiger partial charge in [0.15, 0.2) is 16.6 Å². The molecule has 7 heteroatoms. The molecule has 0 saturated carbocycles. The molecule has 0 bridgehead atoms. The van der Waals surface area contributed by atoms with Gasteiger partial charge in [-0.05, 0) is 47.1 Å². The first kappa shape index (κ1) is 18.5. The molecule has 0 aliphatic carbocycles. The Kier molecular flexibility index (Phi) is 5.16. The number of hydrogen-bond donors (Lipinski definition) is 1. The van der Waals surface area contributed by atoms with Crippen LogP contribution in [0.1, 0.15) is 16.7 Å². The monoisotopic (exact) mass is 411 g/mol. The third-order valence-electron chi connectivity index (χ3n) is 5.70. The van der Waals surface area contributed by atoms with Gasteiger partial charge in [0.1, 0.15) is 5.75 Å². The normalized spacial score (nSPS) is 17.7. The maximum atomic E-state index is 5.62. The summed E-state index contributed by atoms with van der Waals surface area (Å²) in [5.74, 6) is 2.67. The van der Waals surface area contributed by atoms with Crippen LogP contribution >= 0.6 is 12.2 Å². The molecule has 3 heterocycles. The Morgan fingerprint density at radius 2 is 1.69 bits per heavy atom. The van der Waals surface area contributed by atoms with Crippen LogP contribution in [0.25, 0.3) is 0 Å². The summed E-state index contributed by atoms with van der Waals surface area (Å²) in [6, 6.07) is 12.6. The van der Waals surface area contributed by atoms with E-state index >= 15 is 0 Å². The summed E-state index contributed by atoms with van der Waals surface area (Å²) >= 11 is 5.62. The predicted octanol–water partition coefficient (Wildman–Crippen LogP) is 2.54. The third kappa shape index (κ3) is 4.11. The van der Waals surface area contributed by atoms with Gasteiger partial charge >= 0.3 is 0 Å². The van der Waals surface area contributed by atoms with Crippen molar-refractivity contribution in [2.45, 2.75) is 19.5 Å². The van der Waals surface area contributed by atoms with E-state index in [1.807, 2.05) is 18.2 Å². The highest BCUT2D eigenvalue weighted by atomic mass is 32.1. The summed E-state index contributed by atoms with van der Waals surface area (Å²) in [6.45, 7) is 6.70. The van der Waals surface area contributed by atoms with Crippen molar-refractivity contribution in [3.8, 4) is 17.2 Å². The number of fused-ring (bicyclic) bond motifs is 2. The molecule has 152 valence electrons. The number of piperazine rings is 1. The summed E-state index contributed by atoms with van der Waals surface area (Å²) in [7, 11) is 0. The fourth-order valence-corrected chi connectivity index (χ4v) is 4.30. The second kappa shape index (κ2) is 8.08. The van der Waals surface area contributed by atoms with Gasteiger partial charge in [0.2, 0.25) is 6.79 Å². The lowest BCUT2D eigenvalue weighted by Gasteiger charge is -2.36. The first-order valence-electron chi connectivity index (χ1n) is 10.1. The van der Waals surface area contributed by atoms with Crippen molar-refractivity contribution in [2.75, 3.05) is 39.6 Å². The minimum Gasteiger partial charge on any atom is -0.493 e. The Balaban J connectivity index is 1.09. The lowest BCUT2D eigenvalue weighted by Crippen LogP contribution is -2.51. The van der Waals surface area contributed by atoms with E-state index in [-0.39, 0.29) is 0 Å². The van der Waals surface area contributed by atoms with E-state index < -0.39 is 0 Å². The van der Waals surface area contributed by atoms with E-state index in [1.54, 1.807) is 0 Å². The second-order valence-electron chi connectivity index (χ2n) is 7.65. The first-order chi connectivity index (χ1) is 14.2. The fourth-order valence-electron chi connectivity index (χ4n) is 4.05. The minimum atomic E-state index is 0.300. The Labute approximate surface area is 176 Å². The topological polar surface area (TPSA) is 46.2 Å². The molecule has 6 nitrogen and oxygen atoms in total. The highest BCUT2D eigenvalue weighted by molar-refractivity contribution is 7.80. The van der Waals surface area contributed by atoms with E-state index in [0.717, 1.165) is 73.7 Å². The number of ether oxygens (including phenoxy) is 3. The molecule has 2 aromatic carbocycles. The summed E-state index contributed by atoms with van der Waals surface area (Å²) in [5.41, 5.74) is 3.84. The lowest BCUT2D eigenvalue weighted by molar-refractivity contribution is 0.173. The van der Waals surface area contributed by atoms with Crippen LogP contribution < -0.4 is 19.5 Å². The molecule has 1 saturated heterocycles. The molecule has 0 aromatic heterocycles. The number of nitrogens with zero attached hydrogens (tertiary/aromatic N) is 2. The van der Waals surface area contributed by atoms with Crippen LogP contribution in [0.15, 0.2) is 36.4 Å². The van der Waals surface area contributed by atoms with Crippen LogP contribution in [0.4, 0.5) is 0 Å². The van der Waals surface area contributed by atoms with Crippen LogP contribution in [0.5, 0.6) is 17.2 Å². The number of rotatable bonds is 4. The van der Waals surface area contributed by atoms with Gasteiger partial charge in [-0.25, -0.2) is 0 Å². The molecule has 1 N–H and O–H groups in total. The maximum absolute atomic E-state index is 5.62. The molecule has 2 aromatic rings. The molecule has 0 atom stereocenters. The first-order valence-corrected chi connectivity index (χ1v) is 10.5. The van der Waals surface area contributed by atoms with Crippen molar-refractivity contribution in [3.63, 3.8) is 0 Å². The van der Waals surface area contributed by atoms with Crippen molar-refractivity contribution < 1.29 is 14.2 Å². The predicted molar refractivity (Wildman–Crippen MR) is 114 cm³/mol. The van der Waals surface area contributed by atoms with Crippen molar-refractivity contribution >= 4 is 17.3 Å². The van der Waals surface area contributed by atoms with E-state index in [1.165, 1.54) is 11.1 Å². The minimum absolute atomic E-state index is 0.300. The zero-order valence-electron chi connectivity index (χ0n) is 16.4. The van der Waals surface area contributed by atoms with Crippen molar-refractivity contribution in [3.05, 3.63) is 53.1 Å². The molecular weight excluding hydrogens is 386 g/mol. The van der Waals surface area contributed by atoms with E-state index in [9.17, 15) is 0 Å². The van der Waals surface area contributed by atoms with Crippen molar-refractivity contribution in [1.82, 2.24) is 15.1 Å². The SMILES string of the molecule is S=C(NCc1ccc2c(c1)OCO2)N1CCN(Cc2ccc3c(c2)CCO3)CC1. The average molecular weight is 412 g/mol. The van der Waals surface area contributed by atoms with Crippen LogP contribution in [-0.2, 0) is 19.5 Å². The Bertz CT molecular complexity index is 912. The highest BCUT2D eigenvalue weighted by Gasteiger charge is 2.20. The van der Waals surface area contributed by atoms with Gasteiger partial charge in [-0.3, -0.25) is 4.90 Å². The smallest absolute Gasteiger partial charge is 0.231 e. The lowest BCUT2D eigenvalue weighted by atomic mass is 10.1. The highest BCUT2D eigenvalue weighted by Crippen LogP contribution is 2.32. The number of nitrogens with one attached hydrogen (secondary N) is 1. The Hall–Kier alpha value is -2.51. The summed E-state index contributed by atoms with van der Waals surface area (Å²) in [6.07, 6.45) is 1.03. The number of hydrogen-bond acceptors (Lipinski definition) is 5. The third-order valence-corrected chi connectivity index (χ3v) is 6.10. The zero-order chi connectivity index (χ0) is 19.6. The fraction of sp³-hybridized carbons (Fsp3) is 0.409. The van der Waals surface area contributed by atoms with Gasteiger partial charge in [0.05, 0.1) is 6.61 Å². The van der Waals surface area contributed by atoms with Gasteiger partial charge in [0.25, 0.3) is 0 Å².